The number of hydrogen-bond acceptors (Lipinski definition) is 8. The molecule has 3 rings (SSSR count). The molecule has 8 nitrogen and oxygen atoms in total. The average molecular weight is 613 g/mol. The average Bonchev–Trinajstić information content (AvgIpc) is 3.31. The maximum absolute atomic E-state index is 13.0. The van der Waals surface area contributed by atoms with E-state index in [2.05, 4.69) is 72.8 Å². The molecule has 0 N–H and O–H groups in total. The fourth-order valence-electron chi connectivity index (χ4n) is 5.45. The third kappa shape index (κ3) is 10.4. The molecule has 0 spiro atoms. The Kier molecular flexibility index (Phi) is 11.0. The highest BCUT2D eigenvalue weighted by molar-refractivity contribution is 6.70. The highest BCUT2D eigenvalue weighted by Crippen LogP contribution is 2.40. The van der Waals surface area contributed by atoms with Crippen molar-refractivity contribution in [2.75, 3.05) is 6.61 Å². The zero-order valence-corrected chi connectivity index (χ0v) is 29.4. The SMILES string of the molecule is C[C@@H]([C@@H]1O[C@H]1C[C@@H]1OC[C@H](CC(=O)CC(=O)c2ccco2)[C@@H](O[Si](C)(C)C)[C@@H]1O[Si](C)(C)C)[C@H](C)O[Si](C)(C)C. The van der Waals surface area contributed by atoms with E-state index in [0.29, 0.717) is 13.0 Å². The minimum atomic E-state index is -2.01. The molecule has 228 valence electrons. The van der Waals surface area contributed by atoms with E-state index in [1.165, 1.54) is 6.26 Å². The summed E-state index contributed by atoms with van der Waals surface area (Å²) in [6.07, 6.45) is 1.72. The van der Waals surface area contributed by atoms with E-state index in [-0.39, 0.29) is 78.6 Å². The minimum absolute atomic E-state index is 0.0806. The smallest absolute Gasteiger partial charge is 0.205 e. The summed E-state index contributed by atoms with van der Waals surface area (Å²) in [5.74, 6) is -0.148. The van der Waals surface area contributed by atoms with Gasteiger partial charge in [0.05, 0.1) is 49.8 Å². The van der Waals surface area contributed by atoms with Crippen LogP contribution in [0.4, 0.5) is 0 Å². The van der Waals surface area contributed by atoms with Gasteiger partial charge in [-0.15, -0.1) is 0 Å². The predicted molar refractivity (Wildman–Crippen MR) is 163 cm³/mol. The molecule has 2 aliphatic rings. The number of carbonyl (C=O) groups excluding carboxylic acids is 2. The fourth-order valence-corrected chi connectivity index (χ4v) is 9.03. The summed E-state index contributed by atoms with van der Waals surface area (Å²) in [7, 11) is -5.66. The number of rotatable bonds is 15. The molecule has 1 aromatic rings. The Morgan fingerprint density at radius 3 is 2.10 bits per heavy atom. The van der Waals surface area contributed by atoms with Gasteiger partial charge in [-0.25, -0.2) is 0 Å². The lowest BCUT2D eigenvalue weighted by atomic mass is 9.85. The highest BCUT2D eigenvalue weighted by Gasteiger charge is 2.51. The third-order valence-corrected chi connectivity index (χ3v) is 10.2. The van der Waals surface area contributed by atoms with Gasteiger partial charge in [0.2, 0.25) is 5.78 Å². The molecule has 0 bridgehead atoms. The molecule has 0 radical (unpaired) electrons. The Bertz CT molecular complexity index is 979. The fraction of sp³-hybridized carbons (Fsp3) is 0.793. The van der Waals surface area contributed by atoms with Crippen molar-refractivity contribution < 1.29 is 36.8 Å². The highest BCUT2D eigenvalue weighted by atomic mass is 28.4. The molecule has 2 saturated heterocycles. The van der Waals surface area contributed by atoms with Crippen LogP contribution >= 0.6 is 0 Å². The summed E-state index contributed by atoms with van der Waals surface area (Å²) in [5.41, 5.74) is 0. The molecule has 1 aromatic heterocycles. The summed E-state index contributed by atoms with van der Waals surface area (Å²) in [4.78, 5) is 25.5. The summed E-state index contributed by atoms with van der Waals surface area (Å²) < 4.78 is 37.7. The topological polar surface area (TPSA) is 96.7 Å². The summed E-state index contributed by atoms with van der Waals surface area (Å²) >= 11 is 0. The van der Waals surface area contributed by atoms with E-state index < -0.39 is 25.0 Å². The maximum Gasteiger partial charge on any atom is 0.205 e. The first kappa shape index (κ1) is 33.6. The molecule has 0 aromatic carbocycles. The summed E-state index contributed by atoms with van der Waals surface area (Å²) in [5, 5.41) is 0. The van der Waals surface area contributed by atoms with Crippen LogP contribution < -0.4 is 0 Å². The number of epoxide rings is 1. The Hall–Kier alpha value is -0.929. The summed E-state index contributed by atoms with van der Waals surface area (Å²) in [6, 6.07) is 3.24. The van der Waals surface area contributed by atoms with Crippen LogP contribution in [0.3, 0.4) is 0 Å². The lowest BCUT2D eigenvalue weighted by Crippen LogP contribution is -2.58. The molecule has 11 heteroatoms. The monoisotopic (exact) mass is 612 g/mol. The maximum atomic E-state index is 13.0. The van der Waals surface area contributed by atoms with E-state index in [4.69, 9.17) is 27.2 Å². The first-order valence-corrected chi connectivity index (χ1v) is 24.9. The lowest BCUT2D eigenvalue weighted by Gasteiger charge is -2.47. The van der Waals surface area contributed by atoms with Crippen LogP contribution in [0.1, 0.15) is 43.7 Å². The van der Waals surface area contributed by atoms with E-state index in [9.17, 15) is 9.59 Å². The quantitative estimate of drug-likeness (QED) is 0.0985. The zero-order chi connectivity index (χ0) is 30.0. The molecular weight excluding hydrogens is 561 g/mol. The van der Waals surface area contributed by atoms with Gasteiger partial charge >= 0.3 is 0 Å². The molecule has 2 aliphatic heterocycles. The standard InChI is InChI=1S/C29H52O8Si3/c1-19(20(2)35-38(3,4)5)27-26(34-27)17-25-29(37-40(9,10)11)28(36-39(6,7)8)21(18-33-25)15-22(30)16-23(31)24-13-12-14-32-24/h12-14,19-21,25-29H,15-18H2,1-11H3/t19-,20+,21+,25+,26+,27+,28-,29-/m1/s1. The molecule has 0 amide bonds. The van der Waals surface area contributed by atoms with Crippen molar-refractivity contribution in [3.8, 4) is 0 Å². The van der Waals surface area contributed by atoms with Crippen LogP contribution in [-0.2, 0) is 27.5 Å². The van der Waals surface area contributed by atoms with Crippen molar-refractivity contribution in [1.82, 2.24) is 0 Å². The Morgan fingerprint density at radius 1 is 0.925 bits per heavy atom. The first-order chi connectivity index (χ1) is 18.3. The number of hydrogen-bond donors (Lipinski definition) is 0. The van der Waals surface area contributed by atoms with Gasteiger partial charge in [-0.3, -0.25) is 9.59 Å². The van der Waals surface area contributed by atoms with E-state index >= 15 is 0 Å². The second kappa shape index (κ2) is 13.2. The van der Waals surface area contributed by atoms with Crippen molar-refractivity contribution in [3.05, 3.63) is 24.2 Å². The summed E-state index contributed by atoms with van der Waals surface area (Å²) in [6.45, 7) is 24.3. The number of ketones is 2. The first-order valence-electron chi connectivity index (χ1n) is 14.7. The third-order valence-electron chi connectivity index (χ3n) is 7.19. The van der Waals surface area contributed by atoms with E-state index in [1.807, 2.05) is 0 Å². The second-order valence-corrected chi connectivity index (χ2v) is 27.9. The molecular formula is C29H52O8Si3. The minimum Gasteiger partial charge on any atom is -0.461 e. The van der Waals surface area contributed by atoms with Gasteiger partial charge in [0.25, 0.3) is 0 Å². The normalized spacial score (nSPS) is 29.2. The van der Waals surface area contributed by atoms with Crippen LogP contribution in [0.25, 0.3) is 0 Å². The number of Topliss-reactive ketones (excluding diaryl/α,β-unsaturated/α-hetero) is 2. The van der Waals surface area contributed by atoms with Gasteiger partial charge in [0.15, 0.2) is 30.7 Å². The molecule has 0 saturated carbocycles. The van der Waals surface area contributed by atoms with E-state index in [1.54, 1.807) is 12.1 Å². The molecule has 3 heterocycles. The number of furan rings is 1. The van der Waals surface area contributed by atoms with Gasteiger partial charge < -0.3 is 27.2 Å². The second-order valence-electron chi connectivity index (χ2n) is 14.5. The number of carbonyl (C=O) groups is 2. The van der Waals surface area contributed by atoms with Crippen molar-refractivity contribution in [2.24, 2.45) is 11.8 Å². The van der Waals surface area contributed by atoms with Crippen molar-refractivity contribution in [2.45, 2.75) is 129 Å². The van der Waals surface area contributed by atoms with Gasteiger partial charge in [-0.1, -0.05) is 6.92 Å². The van der Waals surface area contributed by atoms with Crippen LogP contribution in [0, 0.1) is 11.8 Å². The largest absolute Gasteiger partial charge is 0.461 e. The van der Waals surface area contributed by atoms with E-state index in [0.717, 1.165) is 0 Å². The Morgan fingerprint density at radius 2 is 1.55 bits per heavy atom. The number of ether oxygens (including phenoxy) is 2. The Balaban J connectivity index is 1.73. The lowest BCUT2D eigenvalue weighted by molar-refractivity contribution is -0.158. The van der Waals surface area contributed by atoms with Crippen LogP contribution in [0.2, 0.25) is 58.9 Å². The van der Waals surface area contributed by atoms with Crippen LogP contribution in [-0.4, -0.2) is 79.7 Å². The molecule has 40 heavy (non-hydrogen) atoms. The van der Waals surface area contributed by atoms with Crippen LogP contribution in [0.15, 0.2) is 22.8 Å². The van der Waals surface area contributed by atoms with Gasteiger partial charge in [-0.2, -0.15) is 0 Å². The molecule has 0 unspecified atom stereocenters. The van der Waals surface area contributed by atoms with Gasteiger partial charge in [-0.05, 0) is 78.0 Å². The van der Waals surface area contributed by atoms with Gasteiger partial charge in [0.1, 0.15) is 5.78 Å². The van der Waals surface area contributed by atoms with Crippen molar-refractivity contribution in [1.29, 1.82) is 0 Å². The van der Waals surface area contributed by atoms with Crippen molar-refractivity contribution >= 4 is 36.5 Å². The Labute approximate surface area is 244 Å². The molecule has 0 aliphatic carbocycles. The molecule has 2 fully saturated rings. The van der Waals surface area contributed by atoms with Crippen LogP contribution in [0.5, 0.6) is 0 Å². The zero-order valence-electron chi connectivity index (χ0n) is 26.4. The van der Waals surface area contributed by atoms with Crippen molar-refractivity contribution in [3.63, 3.8) is 0 Å². The van der Waals surface area contributed by atoms with Gasteiger partial charge in [0, 0.05) is 30.8 Å². The molecule has 8 atom stereocenters. The predicted octanol–water partition coefficient (Wildman–Crippen LogP) is 6.30.